The molecule has 26 heavy (non-hydrogen) atoms. The first kappa shape index (κ1) is 22.7. The van der Waals surface area contributed by atoms with Crippen molar-refractivity contribution >= 4 is 35.8 Å². The van der Waals surface area contributed by atoms with E-state index in [4.69, 9.17) is 0 Å². The van der Waals surface area contributed by atoms with E-state index in [0.29, 0.717) is 6.54 Å². The summed E-state index contributed by atoms with van der Waals surface area (Å²) >= 11 is 0. The Morgan fingerprint density at radius 2 is 1.85 bits per heavy atom. The first-order valence-corrected chi connectivity index (χ1v) is 9.06. The van der Waals surface area contributed by atoms with Crippen molar-refractivity contribution in [2.24, 2.45) is 10.4 Å². The van der Waals surface area contributed by atoms with Gasteiger partial charge in [-0.2, -0.15) is 0 Å². The van der Waals surface area contributed by atoms with E-state index < -0.39 is 0 Å². The summed E-state index contributed by atoms with van der Waals surface area (Å²) < 4.78 is 1.98. The lowest BCUT2D eigenvalue weighted by molar-refractivity contribution is -0.138. The van der Waals surface area contributed by atoms with Crippen molar-refractivity contribution in [3.63, 3.8) is 0 Å². The zero-order chi connectivity index (χ0) is 18.1. The molecule has 1 saturated carbocycles. The third kappa shape index (κ3) is 6.40. The van der Waals surface area contributed by atoms with Gasteiger partial charge in [0.25, 0.3) is 0 Å². The molecule has 1 aliphatic carbocycles. The Kier molecular flexibility index (Phi) is 9.89. The number of rotatable bonds is 8. The molecule has 1 fully saturated rings. The largest absolute Gasteiger partial charge is 0.356 e. The first-order valence-electron chi connectivity index (χ1n) is 9.06. The van der Waals surface area contributed by atoms with E-state index in [9.17, 15) is 4.79 Å². The molecular weight excluding hydrogens is 445 g/mol. The number of unbranched alkanes of at least 4 members (excludes halogenated alkanes) is 1. The molecule has 0 bridgehead atoms. The predicted molar refractivity (Wildman–Crippen MR) is 114 cm³/mol. The summed E-state index contributed by atoms with van der Waals surface area (Å²) in [6, 6.07) is 0. The zero-order valence-electron chi connectivity index (χ0n) is 16.1. The number of hydrogen-bond acceptors (Lipinski definition) is 4. The molecule has 0 unspecified atom stereocenters. The highest BCUT2D eigenvalue weighted by Gasteiger charge is 2.42. The Morgan fingerprint density at radius 1 is 1.19 bits per heavy atom. The van der Waals surface area contributed by atoms with E-state index in [2.05, 4.69) is 25.8 Å². The predicted octanol–water partition coefficient (Wildman–Crippen LogP) is 1.49. The van der Waals surface area contributed by atoms with Crippen molar-refractivity contribution in [1.29, 1.82) is 0 Å². The van der Waals surface area contributed by atoms with Gasteiger partial charge in [-0.1, -0.05) is 12.8 Å². The van der Waals surface area contributed by atoms with E-state index in [1.54, 1.807) is 24.6 Å². The van der Waals surface area contributed by atoms with Crippen LogP contribution in [0.1, 0.15) is 38.5 Å². The van der Waals surface area contributed by atoms with Crippen LogP contribution in [-0.4, -0.2) is 65.8 Å². The minimum Gasteiger partial charge on any atom is -0.356 e. The van der Waals surface area contributed by atoms with Gasteiger partial charge in [0.2, 0.25) is 5.91 Å². The normalized spacial score (nSPS) is 16.0. The van der Waals surface area contributed by atoms with Gasteiger partial charge < -0.3 is 20.1 Å². The molecule has 1 amide bonds. The summed E-state index contributed by atoms with van der Waals surface area (Å²) in [6.45, 7) is 2.40. The molecule has 2 N–H and O–H groups in total. The van der Waals surface area contributed by atoms with Crippen LogP contribution in [0.2, 0.25) is 0 Å². The molecule has 1 heterocycles. The Labute approximate surface area is 173 Å². The van der Waals surface area contributed by atoms with Crippen LogP contribution in [0.4, 0.5) is 0 Å². The van der Waals surface area contributed by atoms with E-state index in [0.717, 1.165) is 57.6 Å². The van der Waals surface area contributed by atoms with Crippen molar-refractivity contribution in [3.05, 3.63) is 12.7 Å². The molecule has 148 valence electrons. The Balaban J connectivity index is 0.00000338. The molecule has 1 aromatic heterocycles. The molecule has 9 heteroatoms. The third-order valence-electron chi connectivity index (χ3n) is 4.84. The first-order chi connectivity index (χ1) is 12.1. The monoisotopic (exact) mass is 477 g/mol. The van der Waals surface area contributed by atoms with Crippen LogP contribution in [-0.2, 0) is 11.3 Å². The number of hydrogen-bond donors (Lipinski definition) is 2. The quantitative estimate of drug-likeness (QED) is 0.257. The average molecular weight is 477 g/mol. The summed E-state index contributed by atoms with van der Waals surface area (Å²) in [5.41, 5.74) is -0.282. The SMILES string of the molecule is CN=C(NCCCCn1cnnc1)NCC1(C(=O)N(C)C)CCCC1.I. The van der Waals surface area contributed by atoms with Crippen molar-refractivity contribution in [2.45, 2.75) is 45.1 Å². The number of nitrogens with zero attached hydrogens (tertiary/aromatic N) is 5. The van der Waals surface area contributed by atoms with E-state index in [1.807, 2.05) is 18.7 Å². The van der Waals surface area contributed by atoms with Crippen LogP contribution in [0.15, 0.2) is 17.6 Å². The number of aryl methyl sites for hydroxylation is 1. The average Bonchev–Trinajstić information content (AvgIpc) is 3.29. The van der Waals surface area contributed by atoms with Gasteiger partial charge in [0, 0.05) is 40.8 Å². The minimum absolute atomic E-state index is 0. The number of halogens is 1. The van der Waals surface area contributed by atoms with Gasteiger partial charge in [0.05, 0.1) is 5.41 Å². The smallest absolute Gasteiger partial charge is 0.230 e. The second kappa shape index (κ2) is 11.3. The number of amides is 1. The van der Waals surface area contributed by atoms with Gasteiger partial charge in [-0.15, -0.1) is 34.2 Å². The van der Waals surface area contributed by atoms with Crippen LogP contribution in [0.25, 0.3) is 0 Å². The van der Waals surface area contributed by atoms with Crippen LogP contribution in [0, 0.1) is 5.41 Å². The topological polar surface area (TPSA) is 87.4 Å². The molecular formula is C17H32IN7O. The van der Waals surface area contributed by atoms with Crippen molar-refractivity contribution in [3.8, 4) is 0 Å². The maximum absolute atomic E-state index is 12.6. The van der Waals surface area contributed by atoms with Crippen LogP contribution < -0.4 is 10.6 Å². The number of aliphatic imine (C=N–C) groups is 1. The van der Waals surface area contributed by atoms with Crippen LogP contribution in [0.3, 0.4) is 0 Å². The highest BCUT2D eigenvalue weighted by atomic mass is 127. The minimum atomic E-state index is -0.282. The molecule has 2 rings (SSSR count). The number of aromatic nitrogens is 3. The molecule has 0 aliphatic heterocycles. The Hall–Kier alpha value is -1.39. The van der Waals surface area contributed by atoms with Gasteiger partial charge in [0.15, 0.2) is 5.96 Å². The molecule has 1 aromatic rings. The molecule has 8 nitrogen and oxygen atoms in total. The molecule has 0 radical (unpaired) electrons. The zero-order valence-corrected chi connectivity index (χ0v) is 18.4. The fourth-order valence-corrected chi connectivity index (χ4v) is 3.43. The van der Waals surface area contributed by atoms with Crippen molar-refractivity contribution in [2.75, 3.05) is 34.2 Å². The number of carbonyl (C=O) groups is 1. The van der Waals surface area contributed by atoms with Crippen molar-refractivity contribution < 1.29 is 4.79 Å². The highest BCUT2D eigenvalue weighted by Crippen LogP contribution is 2.38. The standard InChI is InChI=1S/C17H31N7O.HI/c1-18-16(19-10-6-7-11-24-13-21-22-14-24)20-12-17(8-4-5-9-17)15(25)23(2)3;/h13-14H,4-12H2,1-3H3,(H2,18,19,20);1H. The highest BCUT2D eigenvalue weighted by molar-refractivity contribution is 14.0. The summed E-state index contributed by atoms with van der Waals surface area (Å²) in [6.07, 6.45) is 9.69. The fraction of sp³-hybridized carbons (Fsp3) is 0.765. The fourth-order valence-electron chi connectivity index (χ4n) is 3.43. The lowest BCUT2D eigenvalue weighted by atomic mass is 9.84. The van der Waals surface area contributed by atoms with Gasteiger partial charge in [-0.05, 0) is 25.7 Å². The van der Waals surface area contributed by atoms with E-state index >= 15 is 0 Å². The van der Waals surface area contributed by atoms with Crippen molar-refractivity contribution in [1.82, 2.24) is 30.3 Å². The second-order valence-electron chi connectivity index (χ2n) is 6.95. The molecule has 0 saturated heterocycles. The van der Waals surface area contributed by atoms with Crippen LogP contribution >= 0.6 is 24.0 Å². The van der Waals surface area contributed by atoms with Crippen LogP contribution in [0.5, 0.6) is 0 Å². The number of guanidine groups is 1. The maximum atomic E-state index is 12.6. The lowest BCUT2D eigenvalue weighted by Gasteiger charge is -2.31. The molecule has 0 spiro atoms. The summed E-state index contributed by atoms with van der Waals surface area (Å²) in [4.78, 5) is 18.6. The summed E-state index contributed by atoms with van der Waals surface area (Å²) in [5.74, 6) is 0.990. The Bertz CT molecular complexity index is 553. The van der Waals surface area contributed by atoms with E-state index in [1.165, 1.54) is 0 Å². The summed E-state index contributed by atoms with van der Waals surface area (Å²) in [5, 5.41) is 14.3. The van der Waals surface area contributed by atoms with Gasteiger partial charge in [0.1, 0.15) is 12.7 Å². The number of carbonyl (C=O) groups excluding carboxylic acids is 1. The number of nitrogens with one attached hydrogen (secondary N) is 2. The Morgan fingerprint density at radius 3 is 2.42 bits per heavy atom. The molecule has 0 aromatic carbocycles. The lowest BCUT2D eigenvalue weighted by Crippen LogP contribution is -2.49. The van der Waals surface area contributed by atoms with Gasteiger partial charge >= 0.3 is 0 Å². The molecule has 1 aliphatic rings. The van der Waals surface area contributed by atoms with Gasteiger partial charge in [-0.25, -0.2) is 0 Å². The third-order valence-corrected chi connectivity index (χ3v) is 4.84. The molecule has 0 atom stereocenters. The van der Waals surface area contributed by atoms with E-state index in [-0.39, 0.29) is 35.3 Å². The van der Waals surface area contributed by atoms with Gasteiger partial charge in [-0.3, -0.25) is 9.79 Å². The maximum Gasteiger partial charge on any atom is 0.230 e. The second-order valence-corrected chi connectivity index (χ2v) is 6.95. The summed E-state index contributed by atoms with van der Waals surface area (Å²) in [7, 11) is 5.44.